The number of quaternary nitrogens is 1. The highest BCUT2D eigenvalue weighted by Crippen LogP contribution is 2.30. The van der Waals surface area contributed by atoms with Crippen molar-refractivity contribution in [1.82, 2.24) is 5.32 Å². The van der Waals surface area contributed by atoms with Crippen LogP contribution in [0.5, 0.6) is 11.5 Å². The van der Waals surface area contributed by atoms with Crippen LogP contribution in [0.4, 0.5) is 0 Å². The van der Waals surface area contributed by atoms with Gasteiger partial charge in [0.05, 0.1) is 26.2 Å². The fourth-order valence-corrected chi connectivity index (χ4v) is 2.76. The molecule has 0 unspecified atom stereocenters. The molecule has 108 valence electrons. The van der Waals surface area contributed by atoms with Gasteiger partial charge in [-0.1, -0.05) is 0 Å². The number of likely N-dealkylation sites (tertiary alicyclic amines) is 1. The molecule has 5 heteroatoms. The zero-order valence-corrected chi connectivity index (χ0v) is 11.6. The molecule has 2 N–H and O–H groups in total. The van der Waals surface area contributed by atoms with Crippen LogP contribution in [0.15, 0.2) is 18.2 Å². The van der Waals surface area contributed by atoms with E-state index in [-0.39, 0.29) is 5.91 Å². The Bertz CT molecular complexity index is 484. The Balaban J connectivity index is 1.53. The SMILES string of the molecule is O=C(NCC[NH+]1CCCC1)c1ccc2c(c1)OCCO2. The summed E-state index contributed by atoms with van der Waals surface area (Å²) in [6.45, 7) is 5.31. The number of nitrogens with one attached hydrogen (secondary N) is 2. The predicted octanol–water partition coefficient (Wildman–Crippen LogP) is -0.134. The normalized spacial score (nSPS) is 18.0. The largest absolute Gasteiger partial charge is 0.486 e. The molecule has 0 saturated carbocycles. The van der Waals surface area contributed by atoms with Gasteiger partial charge in [-0.3, -0.25) is 4.79 Å². The summed E-state index contributed by atoms with van der Waals surface area (Å²) in [4.78, 5) is 13.7. The maximum Gasteiger partial charge on any atom is 0.251 e. The smallest absolute Gasteiger partial charge is 0.251 e. The first-order valence-corrected chi connectivity index (χ1v) is 7.34. The number of ether oxygens (including phenoxy) is 2. The van der Waals surface area contributed by atoms with Gasteiger partial charge in [-0.05, 0) is 18.2 Å². The number of fused-ring (bicyclic) bond motifs is 1. The highest BCUT2D eigenvalue weighted by molar-refractivity contribution is 5.94. The molecule has 2 heterocycles. The molecule has 1 amide bonds. The molecule has 2 aliphatic rings. The minimum absolute atomic E-state index is 0.0411. The van der Waals surface area contributed by atoms with E-state index in [1.807, 2.05) is 0 Å². The first-order valence-electron chi connectivity index (χ1n) is 7.34. The van der Waals surface area contributed by atoms with E-state index in [2.05, 4.69) is 5.32 Å². The van der Waals surface area contributed by atoms with E-state index in [9.17, 15) is 4.79 Å². The molecular formula is C15H21N2O3+. The minimum Gasteiger partial charge on any atom is -0.486 e. The van der Waals surface area contributed by atoms with E-state index in [0.717, 1.165) is 13.1 Å². The number of benzene rings is 1. The van der Waals surface area contributed by atoms with Gasteiger partial charge in [0.15, 0.2) is 11.5 Å². The van der Waals surface area contributed by atoms with Gasteiger partial charge in [-0.2, -0.15) is 0 Å². The molecule has 1 aromatic carbocycles. The fraction of sp³-hybridized carbons (Fsp3) is 0.533. The average Bonchev–Trinajstić information content (AvgIpc) is 3.00. The van der Waals surface area contributed by atoms with Crippen molar-refractivity contribution < 1.29 is 19.2 Å². The Morgan fingerprint density at radius 1 is 1.15 bits per heavy atom. The molecule has 1 aromatic rings. The average molecular weight is 277 g/mol. The monoisotopic (exact) mass is 277 g/mol. The second kappa shape index (κ2) is 6.13. The summed E-state index contributed by atoms with van der Waals surface area (Å²) in [6.07, 6.45) is 2.62. The lowest BCUT2D eigenvalue weighted by molar-refractivity contribution is -0.886. The van der Waals surface area contributed by atoms with E-state index >= 15 is 0 Å². The zero-order valence-electron chi connectivity index (χ0n) is 11.6. The van der Waals surface area contributed by atoms with Crippen molar-refractivity contribution in [3.05, 3.63) is 23.8 Å². The Labute approximate surface area is 118 Å². The standard InChI is InChI=1S/C15H20N2O3/c18-15(16-5-8-17-6-1-2-7-17)12-3-4-13-14(11-12)20-10-9-19-13/h3-4,11H,1-2,5-10H2,(H,16,18)/p+1. The number of carbonyl (C=O) groups excluding carboxylic acids is 1. The van der Waals surface area contributed by atoms with Gasteiger partial charge in [0, 0.05) is 18.4 Å². The number of amides is 1. The number of carbonyl (C=O) groups is 1. The molecule has 2 aliphatic heterocycles. The molecule has 0 atom stereocenters. The minimum atomic E-state index is -0.0411. The van der Waals surface area contributed by atoms with Gasteiger partial charge in [0.2, 0.25) is 0 Å². The summed E-state index contributed by atoms with van der Waals surface area (Å²) in [5.74, 6) is 1.34. The van der Waals surface area contributed by atoms with Gasteiger partial charge >= 0.3 is 0 Å². The van der Waals surface area contributed by atoms with Crippen molar-refractivity contribution in [2.24, 2.45) is 0 Å². The van der Waals surface area contributed by atoms with E-state index in [0.29, 0.717) is 30.3 Å². The molecule has 5 nitrogen and oxygen atoms in total. The lowest BCUT2D eigenvalue weighted by atomic mass is 10.2. The highest BCUT2D eigenvalue weighted by Gasteiger charge is 2.17. The first kappa shape index (κ1) is 13.2. The molecule has 20 heavy (non-hydrogen) atoms. The van der Waals surface area contributed by atoms with E-state index in [4.69, 9.17) is 9.47 Å². The van der Waals surface area contributed by atoms with Crippen molar-refractivity contribution in [1.29, 1.82) is 0 Å². The Morgan fingerprint density at radius 3 is 2.70 bits per heavy atom. The van der Waals surface area contributed by atoms with Crippen LogP contribution in [-0.4, -0.2) is 45.3 Å². The molecule has 0 bridgehead atoms. The predicted molar refractivity (Wildman–Crippen MR) is 74.6 cm³/mol. The summed E-state index contributed by atoms with van der Waals surface area (Å²) in [5, 5.41) is 2.98. The lowest BCUT2D eigenvalue weighted by Crippen LogP contribution is -3.10. The summed E-state index contributed by atoms with van der Waals surface area (Å²) in [6, 6.07) is 5.34. The maximum absolute atomic E-state index is 12.1. The third-order valence-electron chi connectivity index (χ3n) is 3.88. The van der Waals surface area contributed by atoms with Crippen LogP contribution in [0.2, 0.25) is 0 Å². The van der Waals surface area contributed by atoms with E-state index in [1.54, 1.807) is 23.1 Å². The fourth-order valence-electron chi connectivity index (χ4n) is 2.76. The topological polar surface area (TPSA) is 52.0 Å². The molecule has 3 rings (SSSR count). The molecule has 0 radical (unpaired) electrons. The second-order valence-corrected chi connectivity index (χ2v) is 5.32. The number of hydrogen-bond acceptors (Lipinski definition) is 3. The second-order valence-electron chi connectivity index (χ2n) is 5.32. The summed E-state index contributed by atoms with van der Waals surface area (Å²) < 4.78 is 10.9. The molecule has 0 aromatic heterocycles. The van der Waals surface area contributed by atoms with Crippen molar-refractivity contribution in [3.8, 4) is 11.5 Å². The molecule has 1 fully saturated rings. The Kier molecular flexibility index (Phi) is 4.06. The van der Waals surface area contributed by atoms with Gasteiger partial charge in [0.25, 0.3) is 5.91 Å². The third kappa shape index (κ3) is 3.04. The van der Waals surface area contributed by atoms with Gasteiger partial charge in [-0.15, -0.1) is 0 Å². The molecule has 0 spiro atoms. The van der Waals surface area contributed by atoms with Crippen LogP contribution in [0, 0.1) is 0 Å². The molecular weight excluding hydrogens is 256 g/mol. The van der Waals surface area contributed by atoms with Crippen LogP contribution in [0.25, 0.3) is 0 Å². The third-order valence-corrected chi connectivity index (χ3v) is 3.88. The van der Waals surface area contributed by atoms with Crippen molar-refractivity contribution >= 4 is 5.91 Å². The van der Waals surface area contributed by atoms with Crippen LogP contribution in [-0.2, 0) is 0 Å². The van der Waals surface area contributed by atoms with E-state index in [1.165, 1.54) is 25.9 Å². The zero-order chi connectivity index (χ0) is 13.8. The number of rotatable bonds is 4. The number of hydrogen-bond donors (Lipinski definition) is 2. The van der Waals surface area contributed by atoms with Crippen molar-refractivity contribution in [2.75, 3.05) is 39.4 Å². The van der Waals surface area contributed by atoms with Crippen LogP contribution < -0.4 is 19.7 Å². The first-order chi connectivity index (χ1) is 9.83. The quantitative estimate of drug-likeness (QED) is 0.806. The van der Waals surface area contributed by atoms with Crippen molar-refractivity contribution in [2.45, 2.75) is 12.8 Å². The van der Waals surface area contributed by atoms with Crippen LogP contribution in [0.1, 0.15) is 23.2 Å². The molecule has 0 aliphatic carbocycles. The lowest BCUT2D eigenvalue weighted by Gasteiger charge is -2.18. The Hall–Kier alpha value is -1.75. The van der Waals surface area contributed by atoms with Crippen LogP contribution in [0.3, 0.4) is 0 Å². The summed E-state index contributed by atoms with van der Waals surface area (Å²) in [7, 11) is 0. The summed E-state index contributed by atoms with van der Waals surface area (Å²) in [5.41, 5.74) is 0.630. The van der Waals surface area contributed by atoms with E-state index < -0.39 is 0 Å². The van der Waals surface area contributed by atoms with Crippen LogP contribution >= 0.6 is 0 Å². The maximum atomic E-state index is 12.1. The van der Waals surface area contributed by atoms with Gasteiger partial charge in [0.1, 0.15) is 13.2 Å². The van der Waals surface area contributed by atoms with Crippen molar-refractivity contribution in [3.63, 3.8) is 0 Å². The Morgan fingerprint density at radius 2 is 1.90 bits per heavy atom. The molecule has 1 saturated heterocycles. The van der Waals surface area contributed by atoms with Gasteiger partial charge in [-0.25, -0.2) is 0 Å². The highest BCUT2D eigenvalue weighted by atomic mass is 16.6. The summed E-state index contributed by atoms with van der Waals surface area (Å²) >= 11 is 0. The van der Waals surface area contributed by atoms with Gasteiger partial charge < -0.3 is 19.7 Å².